The van der Waals surface area contributed by atoms with Crippen LogP contribution in [0.2, 0.25) is 0 Å². The number of hydrogen-bond donors (Lipinski definition) is 0. The summed E-state index contributed by atoms with van der Waals surface area (Å²) >= 11 is 0. The van der Waals surface area contributed by atoms with E-state index < -0.39 is 0 Å². The van der Waals surface area contributed by atoms with E-state index in [9.17, 15) is 4.79 Å². The third-order valence-electron chi connectivity index (χ3n) is 3.57. The molecule has 3 rings (SSSR count). The fourth-order valence-corrected chi connectivity index (χ4v) is 2.87. The lowest BCUT2D eigenvalue weighted by atomic mass is 10.1. The van der Waals surface area contributed by atoms with Crippen molar-refractivity contribution in [2.75, 3.05) is 0 Å². The highest BCUT2D eigenvalue weighted by atomic mass is 16.6. The van der Waals surface area contributed by atoms with Crippen molar-refractivity contribution >= 4 is 5.97 Å². The average Bonchev–Trinajstić information content (AvgIpc) is 2.90. The van der Waals surface area contributed by atoms with Crippen molar-refractivity contribution in [2.24, 2.45) is 17.8 Å². The molecule has 1 saturated heterocycles. The zero-order valence-electron chi connectivity index (χ0n) is 6.95. The van der Waals surface area contributed by atoms with Crippen LogP contribution in [0.1, 0.15) is 19.3 Å². The Kier molecular flexibility index (Phi) is 0.980. The average molecular weight is 164 g/mol. The van der Waals surface area contributed by atoms with Gasteiger partial charge in [0.15, 0.2) is 0 Å². The van der Waals surface area contributed by atoms with Gasteiger partial charge in [-0.1, -0.05) is 6.08 Å². The summed E-state index contributed by atoms with van der Waals surface area (Å²) in [6.07, 6.45) is 5.09. The van der Waals surface area contributed by atoms with Gasteiger partial charge in [-0.15, -0.1) is 6.58 Å². The number of carbonyl (C=O) groups excluding carboxylic acids is 1. The molecule has 0 radical (unpaired) electrons. The van der Waals surface area contributed by atoms with Gasteiger partial charge in [0, 0.05) is 11.8 Å². The maximum absolute atomic E-state index is 11.0. The van der Waals surface area contributed by atoms with Gasteiger partial charge in [-0.2, -0.15) is 0 Å². The van der Waals surface area contributed by atoms with Crippen molar-refractivity contribution in [3.05, 3.63) is 12.7 Å². The summed E-state index contributed by atoms with van der Waals surface area (Å²) in [7, 11) is 0. The van der Waals surface area contributed by atoms with E-state index >= 15 is 0 Å². The Morgan fingerprint density at radius 3 is 2.92 bits per heavy atom. The maximum atomic E-state index is 11.0. The number of esters is 1. The fourth-order valence-electron chi connectivity index (χ4n) is 2.87. The minimum Gasteiger partial charge on any atom is -0.458 e. The van der Waals surface area contributed by atoms with Gasteiger partial charge in [-0.05, 0) is 18.8 Å². The molecule has 0 aromatic carbocycles. The number of ether oxygens (including phenoxy) is 1. The van der Waals surface area contributed by atoms with Gasteiger partial charge in [-0.3, -0.25) is 4.79 Å². The highest BCUT2D eigenvalue weighted by Crippen LogP contribution is 2.69. The summed E-state index contributed by atoms with van der Waals surface area (Å²) in [6.45, 7) is 3.79. The molecule has 2 saturated carbocycles. The summed E-state index contributed by atoms with van der Waals surface area (Å²) < 4.78 is 5.44. The SMILES string of the molecule is C=C[C@H]1[C@@H]2CC(=O)O[C@]12C1CC1. The van der Waals surface area contributed by atoms with Crippen LogP contribution in [-0.4, -0.2) is 11.6 Å². The van der Waals surface area contributed by atoms with Crippen LogP contribution in [0.4, 0.5) is 0 Å². The minimum atomic E-state index is -0.0567. The molecule has 0 spiro atoms. The Hall–Kier alpha value is -0.790. The van der Waals surface area contributed by atoms with E-state index in [0.717, 1.165) is 0 Å². The largest absolute Gasteiger partial charge is 0.458 e. The Morgan fingerprint density at radius 2 is 2.33 bits per heavy atom. The van der Waals surface area contributed by atoms with E-state index in [-0.39, 0.29) is 11.6 Å². The zero-order chi connectivity index (χ0) is 8.34. The van der Waals surface area contributed by atoms with Crippen molar-refractivity contribution in [1.29, 1.82) is 0 Å². The molecule has 64 valence electrons. The summed E-state index contributed by atoms with van der Waals surface area (Å²) in [4.78, 5) is 11.0. The van der Waals surface area contributed by atoms with Gasteiger partial charge in [0.1, 0.15) is 5.60 Å². The summed E-state index contributed by atoms with van der Waals surface area (Å²) in [5.41, 5.74) is -0.0567. The third-order valence-corrected chi connectivity index (χ3v) is 3.57. The van der Waals surface area contributed by atoms with Gasteiger partial charge >= 0.3 is 5.97 Å². The van der Waals surface area contributed by atoms with Crippen molar-refractivity contribution in [2.45, 2.75) is 24.9 Å². The number of rotatable bonds is 2. The quantitative estimate of drug-likeness (QED) is 0.457. The highest BCUT2D eigenvalue weighted by molar-refractivity contribution is 5.76. The molecule has 3 fully saturated rings. The van der Waals surface area contributed by atoms with E-state index in [4.69, 9.17) is 4.74 Å². The Bertz CT molecular complexity index is 267. The highest BCUT2D eigenvalue weighted by Gasteiger charge is 2.76. The Balaban J connectivity index is 1.91. The van der Waals surface area contributed by atoms with E-state index in [1.165, 1.54) is 12.8 Å². The van der Waals surface area contributed by atoms with Crippen LogP contribution < -0.4 is 0 Å². The van der Waals surface area contributed by atoms with E-state index in [1.54, 1.807) is 0 Å². The molecule has 0 aromatic rings. The summed E-state index contributed by atoms with van der Waals surface area (Å²) in [6, 6.07) is 0. The van der Waals surface area contributed by atoms with Crippen LogP contribution in [0, 0.1) is 17.8 Å². The van der Waals surface area contributed by atoms with Crippen molar-refractivity contribution in [1.82, 2.24) is 0 Å². The molecule has 0 bridgehead atoms. The molecule has 2 nitrogen and oxygen atoms in total. The smallest absolute Gasteiger partial charge is 0.306 e. The Labute approximate surface area is 71.6 Å². The van der Waals surface area contributed by atoms with E-state index in [0.29, 0.717) is 24.2 Å². The van der Waals surface area contributed by atoms with Crippen LogP contribution in [-0.2, 0) is 9.53 Å². The molecular formula is C10H12O2. The first-order valence-corrected chi connectivity index (χ1v) is 4.63. The van der Waals surface area contributed by atoms with Crippen LogP contribution in [0.25, 0.3) is 0 Å². The second-order valence-corrected chi connectivity index (χ2v) is 4.17. The standard InChI is InChI=1S/C10H12O2/c1-2-7-8-5-9(11)12-10(7,8)6-3-4-6/h2,6-8H,1,3-5H2/t7-,8-,10+/m0/s1. The summed E-state index contributed by atoms with van der Waals surface area (Å²) in [5, 5.41) is 0. The van der Waals surface area contributed by atoms with Gasteiger partial charge in [-0.25, -0.2) is 0 Å². The molecule has 0 N–H and O–H groups in total. The predicted octanol–water partition coefficient (Wildman–Crippen LogP) is 1.51. The molecule has 0 amide bonds. The molecule has 0 aromatic heterocycles. The van der Waals surface area contributed by atoms with Crippen LogP contribution in [0.3, 0.4) is 0 Å². The van der Waals surface area contributed by atoms with Gasteiger partial charge in [0.05, 0.1) is 6.42 Å². The topological polar surface area (TPSA) is 26.3 Å². The normalized spacial score (nSPS) is 49.8. The van der Waals surface area contributed by atoms with Gasteiger partial charge in [0.2, 0.25) is 0 Å². The van der Waals surface area contributed by atoms with Crippen LogP contribution in [0.5, 0.6) is 0 Å². The van der Waals surface area contributed by atoms with E-state index in [2.05, 4.69) is 6.58 Å². The van der Waals surface area contributed by atoms with Crippen LogP contribution >= 0.6 is 0 Å². The van der Waals surface area contributed by atoms with E-state index in [1.807, 2.05) is 6.08 Å². The van der Waals surface area contributed by atoms with Gasteiger partial charge < -0.3 is 4.74 Å². The molecule has 1 aliphatic heterocycles. The second-order valence-electron chi connectivity index (χ2n) is 4.17. The predicted molar refractivity (Wildman–Crippen MR) is 43.3 cm³/mol. The Morgan fingerprint density at radius 1 is 1.58 bits per heavy atom. The first-order chi connectivity index (χ1) is 5.79. The fraction of sp³-hybridized carbons (Fsp3) is 0.700. The lowest BCUT2D eigenvalue weighted by Crippen LogP contribution is -2.19. The monoisotopic (exact) mass is 164 g/mol. The van der Waals surface area contributed by atoms with Crippen molar-refractivity contribution < 1.29 is 9.53 Å². The molecule has 0 unspecified atom stereocenters. The maximum Gasteiger partial charge on any atom is 0.306 e. The lowest BCUT2D eigenvalue weighted by molar-refractivity contribution is -0.147. The van der Waals surface area contributed by atoms with Gasteiger partial charge in [0.25, 0.3) is 0 Å². The third kappa shape index (κ3) is 0.563. The molecule has 3 atom stereocenters. The first-order valence-electron chi connectivity index (χ1n) is 4.63. The second kappa shape index (κ2) is 1.76. The molecule has 12 heavy (non-hydrogen) atoms. The van der Waals surface area contributed by atoms with Crippen LogP contribution in [0.15, 0.2) is 12.7 Å². The van der Waals surface area contributed by atoms with Crippen molar-refractivity contribution in [3.63, 3.8) is 0 Å². The minimum absolute atomic E-state index is 0.00463. The number of fused-ring (bicyclic) bond motifs is 1. The molecular weight excluding hydrogens is 152 g/mol. The van der Waals surface area contributed by atoms with Crippen molar-refractivity contribution in [3.8, 4) is 0 Å². The molecule has 2 heteroatoms. The summed E-state index contributed by atoms with van der Waals surface area (Å²) in [5.74, 6) is 1.62. The molecule has 1 heterocycles. The molecule has 2 aliphatic carbocycles. The number of hydrogen-bond acceptors (Lipinski definition) is 2. The zero-order valence-corrected chi connectivity index (χ0v) is 6.95. The first kappa shape index (κ1) is 6.70. The lowest BCUT2D eigenvalue weighted by Gasteiger charge is -2.12. The number of carbonyl (C=O) groups is 1. The molecule has 3 aliphatic rings.